The molecule has 0 radical (unpaired) electrons. The van der Waals surface area contributed by atoms with Crippen molar-refractivity contribution >= 4 is 29.2 Å². The number of rotatable bonds is 3. The van der Waals surface area contributed by atoms with E-state index in [9.17, 15) is 4.79 Å². The highest BCUT2D eigenvalue weighted by Crippen LogP contribution is 2.30. The van der Waals surface area contributed by atoms with Gasteiger partial charge in [-0.1, -0.05) is 30.1 Å². The summed E-state index contributed by atoms with van der Waals surface area (Å²) >= 11 is 12.1. The number of carboxylic acid groups (broad SMARTS) is 1. The van der Waals surface area contributed by atoms with Crippen LogP contribution in [0.3, 0.4) is 0 Å². The normalized spacial score (nSPS) is 10.5. The van der Waals surface area contributed by atoms with Gasteiger partial charge in [0.1, 0.15) is 0 Å². The highest BCUT2D eigenvalue weighted by Gasteiger charge is 2.13. The zero-order valence-electron chi connectivity index (χ0n) is 10.2. The van der Waals surface area contributed by atoms with E-state index in [0.29, 0.717) is 33.4 Å². The first-order valence-electron chi connectivity index (χ1n) is 5.71. The SMILES string of the molecule is CCc1nc(-c2cc(Cl)ccc2Cl)ccc1C(=O)O. The number of aromatic nitrogens is 1. The second-order valence-electron chi connectivity index (χ2n) is 3.97. The van der Waals surface area contributed by atoms with Gasteiger partial charge in [0.2, 0.25) is 0 Å². The summed E-state index contributed by atoms with van der Waals surface area (Å²) in [6, 6.07) is 8.28. The average molecular weight is 296 g/mol. The predicted molar refractivity (Wildman–Crippen MR) is 76.0 cm³/mol. The summed E-state index contributed by atoms with van der Waals surface area (Å²) in [4.78, 5) is 15.4. The number of benzene rings is 1. The van der Waals surface area contributed by atoms with E-state index >= 15 is 0 Å². The molecule has 0 aliphatic rings. The van der Waals surface area contributed by atoms with Crippen molar-refractivity contribution < 1.29 is 9.90 Å². The molecule has 5 heteroatoms. The molecule has 1 aromatic heterocycles. The lowest BCUT2D eigenvalue weighted by Gasteiger charge is -2.08. The summed E-state index contributed by atoms with van der Waals surface area (Å²) < 4.78 is 0. The van der Waals surface area contributed by atoms with Crippen LogP contribution < -0.4 is 0 Å². The molecule has 2 aromatic rings. The Hall–Kier alpha value is -1.58. The molecule has 0 aliphatic heterocycles. The third-order valence-corrected chi connectivity index (χ3v) is 3.31. The summed E-state index contributed by atoms with van der Waals surface area (Å²) in [5.74, 6) is -0.979. The zero-order valence-corrected chi connectivity index (χ0v) is 11.7. The van der Waals surface area contributed by atoms with Crippen LogP contribution in [0.5, 0.6) is 0 Å². The maximum absolute atomic E-state index is 11.1. The maximum Gasteiger partial charge on any atom is 0.337 e. The molecule has 0 amide bonds. The number of hydrogen-bond acceptors (Lipinski definition) is 2. The van der Waals surface area contributed by atoms with Crippen LogP contribution in [0.2, 0.25) is 10.0 Å². The van der Waals surface area contributed by atoms with Gasteiger partial charge < -0.3 is 5.11 Å². The molecule has 2 rings (SSSR count). The van der Waals surface area contributed by atoms with Crippen LogP contribution in [0.25, 0.3) is 11.3 Å². The number of nitrogens with zero attached hydrogens (tertiary/aromatic N) is 1. The molecule has 1 aromatic carbocycles. The Morgan fingerprint density at radius 1 is 1.26 bits per heavy atom. The monoisotopic (exact) mass is 295 g/mol. The van der Waals surface area contributed by atoms with Crippen molar-refractivity contribution in [1.82, 2.24) is 4.98 Å². The molecule has 0 atom stereocenters. The quantitative estimate of drug-likeness (QED) is 0.917. The first kappa shape index (κ1) is 13.8. The minimum Gasteiger partial charge on any atom is -0.478 e. The minimum atomic E-state index is -0.979. The topological polar surface area (TPSA) is 50.2 Å². The molecule has 1 N–H and O–H groups in total. The summed E-state index contributed by atoms with van der Waals surface area (Å²) in [6.45, 7) is 1.86. The van der Waals surface area contributed by atoms with Crippen molar-refractivity contribution in [3.8, 4) is 11.3 Å². The molecular formula is C14H11Cl2NO2. The molecule has 3 nitrogen and oxygen atoms in total. The van der Waals surface area contributed by atoms with E-state index in [1.165, 1.54) is 0 Å². The molecule has 0 fully saturated rings. The van der Waals surface area contributed by atoms with E-state index in [1.807, 2.05) is 6.92 Å². The van der Waals surface area contributed by atoms with Crippen LogP contribution in [-0.2, 0) is 6.42 Å². The number of aromatic carboxylic acids is 1. The summed E-state index contributed by atoms with van der Waals surface area (Å²) in [6.07, 6.45) is 0.535. The zero-order chi connectivity index (χ0) is 14.0. The summed E-state index contributed by atoms with van der Waals surface area (Å²) in [7, 11) is 0. The third kappa shape index (κ3) is 2.88. The van der Waals surface area contributed by atoms with Crippen molar-refractivity contribution in [1.29, 1.82) is 0 Å². The van der Waals surface area contributed by atoms with Gasteiger partial charge in [-0.05, 0) is 36.8 Å². The smallest absolute Gasteiger partial charge is 0.337 e. The van der Waals surface area contributed by atoms with Crippen molar-refractivity contribution in [3.63, 3.8) is 0 Å². The van der Waals surface area contributed by atoms with E-state index in [-0.39, 0.29) is 5.56 Å². The van der Waals surface area contributed by atoms with Crippen molar-refractivity contribution in [2.45, 2.75) is 13.3 Å². The average Bonchev–Trinajstić information content (AvgIpc) is 2.40. The van der Waals surface area contributed by atoms with Crippen LogP contribution >= 0.6 is 23.2 Å². The van der Waals surface area contributed by atoms with Gasteiger partial charge in [-0.2, -0.15) is 0 Å². The van der Waals surface area contributed by atoms with Crippen LogP contribution in [0.4, 0.5) is 0 Å². The minimum absolute atomic E-state index is 0.212. The fourth-order valence-electron chi connectivity index (χ4n) is 1.81. The van der Waals surface area contributed by atoms with E-state index in [1.54, 1.807) is 30.3 Å². The first-order chi connectivity index (χ1) is 9.02. The number of pyridine rings is 1. The molecular weight excluding hydrogens is 285 g/mol. The standard InChI is InChI=1S/C14H11Cl2NO2/c1-2-12-9(14(18)19)4-6-13(17-12)10-7-8(15)3-5-11(10)16/h3-7H,2H2,1H3,(H,18,19). The lowest BCUT2D eigenvalue weighted by molar-refractivity contribution is 0.0695. The summed E-state index contributed by atoms with van der Waals surface area (Å²) in [5, 5.41) is 10.2. The predicted octanol–water partition coefficient (Wildman–Crippen LogP) is 4.32. The fourth-order valence-corrected chi connectivity index (χ4v) is 2.20. The molecule has 0 saturated heterocycles. The van der Waals surface area contributed by atoms with E-state index in [2.05, 4.69) is 4.98 Å². The van der Waals surface area contributed by atoms with Gasteiger partial charge >= 0.3 is 5.97 Å². The number of carboxylic acids is 1. The second kappa shape index (κ2) is 5.59. The molecule has 1 heterocycles. The Balaban J connectivity index is 2.57. The van der Waals surface area contributed by atoms with E-state index in [4.69, 9.17) is 28.3 Å². The first-order valence-corrected chi connectivity index (χ1v) is 6.47. The Labute approximate surface area is 120 Å². The van der Waals surface area contributed by atoms with E-state index < -0.39 is 5.97 Å². The number of aryl methyl sites for hydroxylation is 1. The Bertz CT molecular complexity index is 641. The molecule has 0 saturated carbocycles. The number of halogens is 2. The van der Waals surface area contributed by atoms with Crippen molar-refractivity contribution in [2.24, 2.45) is 0 Å². The molecule has 0 bridgehead atoms. The van der Waals surface area contributed by atoms with Gasteiger partial charge in [-0.15, -0.1) is 0 Å². The van der Waals surface area contributed by atoms with Gasteiger partial charge in [-0.25, -0.2) is 4.79 Å². The van der Waals surface area contributed by atoms with Crippen molar-refractivity contribution in [3.05, 3.63) is 51.6 Å². The largest absolute Gasteiger partial charge is 0.478 e. The van der Waals surface area contributed by atoms with Gasteiger partial charge in [-0.3, -0.25) is 4.98 Å². The highest BCUT2D eigenvalue weighted by molar-refractivity contribution is 6.35. The van der Waals surface area contributed by atoms with Gasteiger partial charge in [0.15, 0.2) is 0 Å². The maximum atomic E-state index is 11.1. The van der Waals surface area contributed by atoms with Gasteiger partial charge in [0.05, 0.1) is 22.0 Å². The second-order valence-corrected chi connectivity index (χ2v) is 4.82. The lowest BCUT2D eigenvalue weighted by atomic mass is 10.1. The fraction of sp³-hybridized carbons (Fsp3) is 0.143. The Morgan fingerprint density at radius 2 is 2.00 bits per heavy atom. The number of carbonyl (C=O) groups is 1. The molecule has 98 valence electrons. The molecule has 0 unspecified atom stereocenters. The molecule has 0 aliphatic carbocycles. The Kier molecular flexibility index (Phi) is 4.08. The van der Waals surface area contributed by atoms with Crippen LogP contribution in [0, 0.1) is 0 Å². The summed E-state index contributed by atoms with van der Waals surface area (Å²) in [5.41, 5.74) is 2.06. The highest BCUT2D eigenvalue weighted by atomic mass is 35.5. The molecule has 19 heavy (non-hydrogen) atoms. The van der Waals surface area contributed by atoms with Crippen LogP contribution in [0.15, 0.2) is 30.3 Å². The van der Waals surface area contributed by atoms with E-state index in [0.717, 1.165) is 0 Å². The molecule has 0 spiro atoms. The number of hydrogen-bond donors (Lipinski definition) is 1. The van der Waals surface area contributed by atoms with Crippen LogP contribution in [0.1, 0.15) is 23.0 Å². The van der Waals surface area contributed by atoms with Crippen LogP contribution in [-0.4, -0.2) is 16.1 Å². The lowest BCUT2D eigenvalue weighted by Crippen LogP contribution is -2.04. The Morgan fingerprint density at radius 3 is 2.63 bits per heavy atom. The van der Waals surface area contributed by atoms with Gasteiger partial charge in [0, 0.05) is 10.6 Å². The van der Waals surface area contributed by atoms with Gasteiger partial charge in [0.25, 0.3) is 0 Å². The van der Waals surface area contributed by atoms with Crippen molar-refractivity contribution in [2.75, 3.05) is 0 Å². The third-order valence-electron chi connectivity index (χ3n) is 2.74.